The van der Waals surface area contributed by atoms with Crippen LogP contribution in [0.15, 0.2) is 0 Å². The van der Waals surface area contributed by atoms with E-state index in [-0.39, 0.29) is 0 Å². The third-order valence-electron chi connectivity index (χ3n) is 2.18. The number of rotatable bonds is 8. The van der Waals surface area contributed by atoms with Crippen LogP contribution in [0.1, 0.15) is 58.3 Å². The van der Waals surface area contributed by atoms with Crippen molar-refractivity contribution in [2.24, 2.45) is 5.73 Å². The zero-order valence-corrected chi connectivity index (χ0v) is 8.94. The average molecular weight is 181 g/mol. The van der Waals surface area contributed by atoms with Crippen molar-refractivity contribution in [3.63, 3.8) is 0 Å². The molecule has 0 aromatic rings. The molecule has 0 aromatic carbocycles. The molecular formula is C12H23N. The lowest BCUT2D eigenvalue weighted by atomic mass is 10.1. The number of unbranched alkanes of at least 4 members (excludes halogenated alkanes) is 7. The summed E-state index contributed by atoms with van der Waals surface area (Å²) >= 11 is 0. The molecule has 1 nitrogen and oxygen atoms in total. The Labute approximate surface area is 83.1 Å². The second-order valence-electron chi connectivity index (χ2n) is 3.44. The van der Waals surface area contributed by atoms with Crippen LogP contribution in [0, 0.1) is 11.8 Å². The van der Waals surface area contributed by atoms with Crippen LogP contribution in [0.25, 0.3) is 0 Å². The third kappa shape index (κ3) is 11.5. The first-order chi connectivity index (χ1) is 6.41. The van der Waals surface area contributed by atoms with Gasteiger partial charge in [0.05, 0.1) is 0 Å². The van der Waals surface area contributed by atoms with Crippen LogP contribution < -0.4 is 5.73 Å². The van der Waals surface area contributed by atoms with Gasteiger partial charge in [-0.3, -0.25) is 0 Å². The molecule has 1 heteroatoms. The fraction of sp³-hybridized carbons (Fsp3) is 0.833. The van der Waals surface area contributed by atoms with Crippen LogP contribution >= 0.6 is 0 Å². The van der Waals surface area contributed by atoms with Gasteiger partial charge in [0.1, 0.15) is 0 Å². The average Bonchev–Trinajstić information content (AvgIpc) is 2.16. The summed E-state index contributed by atoms with van der Waals surface area (Å²) in [5, 5.41) is 0. The summed E-state index contributed by atoms with van der Waals surface area (Å²) in [5.41, 5.74) is 5.41. The van der Waals surface area contributed by atoms with Crippen molar-refractivity contribution in [2.45, 2.75) is 58.3 Å². The molecule has 0 atom stereocenters. The van der Waals surface area contributed by atoms with Gasteiger partial charge in [0, 0.05) is 6.42 Å². The summed E-state index contributed by atoms with van der Waals surface area (Å²) in [6, 6.07) is 0. The van der Waals surface area contributed by atoms with Gasteiger partial charge in [-0.25, -0.2) is 0 Å². The van der Waals surface area contributed by atoms with Gasteiger partial charge in [0.25, 0.3) is 0 Å². The van der Waals surface area contributed by atoms with E-state index in [9.17, 15) is 0 Å². The maximum Gasteiger partial charge on any atom is 0.00885 e. The van der Waals surface area contributed by atoms with Crippen molar-refractivity contribution in [3.8, 4) is 11.8 Å². The molecule has 0 aliphatic carbocycles. The summed E-state index contributed by atoms with van der Waals surface area (Å²) in [4.78, 5) is 0. The lowest BCUT2D eigenvalue weighted by Gasteiger charge is -1.99. The van der Waals surface area contributed by atoms with Gasteiger partial charge < -0.3 is 5.73 Å². The fourth-order valence-corrected chi connectivity index (χ4v) is 1.37. The van der Waals surface area contributed by atoms with Gasteiger partial charge in [-0.15, -0.1) is 11.8 Å². The van der Waals surface area contributed by atoms with E-state index < -0.39 is 0 Å². The zero-order chi connectivity index (χ0) is 9.78. The number of nitrogens with two attached hydrogens (primary N) is 1. The van der Waals surface area contributed by atoms with Gasteiger partial charge in [-0.1, -0.05) is 32.1 Å². The molecule has 0 heterocycles. The van der Waals surface area contributed by atoms with Crippen molar-refractivity contribution >= 4 is 0 Å². The van der Waals surface area contributed by atoms with E-state index in [2.05, 4.69) is 11.8 Å². The molecule has 0 fully saturated rings. The monoisotopic (exact) mass is 181 g/mol. The highest BCUT2D eigenvalue weighted by Gasteiger charge is 1.89. The molecule has 0 rings (SSSR count). The van der Waals surface area contributed by atoms with Crippen molar-refractivity contribution < 1.29 is 0 Å². The number of hydrogen-bond acceptors (Lipinski definition) is 1. The van der Waals surface area contributed by atoms with Crippen LogP contribution in [-0.2, 0) is 0 Å². The highest BCUT2D eigenvalue weighted by molar-refractivity contribution is 4.94. The molecule has 0 radical (unpaired) electrons. The second-order valence-corrected chi connectivity index (χ2v) is 3.44. The van der Waals surface area contributed by atoms with Crippen LogP contribution in [0.2, 0.25) is 0 Å². The predicted octanol–water partition coefficient (Wildman–Crippen LogP) is 3.09. The lowest BCUT2D eigenvalue weighted by molar-refractivity contribution is 0.586. The largest absolute Gasteiger partial charge is 0.330 e. The van der Waals surface area contributed by atoms with E-state index in [0.717, 1.165) is 13.0 Å². The molecule has 76 valence electrons. The van der Waals surface area contributed by atoms with Crippen molar-refractivity contribution in [3.05, 3.63) is 0 Å². The molecule has 0 unspecified atom stereocenters. The Balaban J connectivity index is 2.86. The fourth-order valence-electron chi connectivity index (χ4n) is 1.37. The van der Waals surface area contributed by atoms with E-state index in [4.69, 9.17) is 5.73 Å². The molecule has 0 bridgehead atoms. The molecule has 2 N–H and O–H groups in total. The molecule has 0 aliphatic rings. The molecule has 0 saturated carbocycles. The molecule has 0 spiro atoms. The van der Waals surface area contributed by atoms with Crippen LogP contribution in [0.3, 0.4) is 0 Å². The Morgan fingerprint density at radius 1 is 0.846 bits per heavy atom. The molecule has 0 saturated heterocycles. The SMILES string of the molecule is CC#CCCCCCCCCCN. The lowest BCUT2D eigenvalue weighted by Crippen LogP contribution is -1.97. The van der Waals surface area contributed by atoms with Gasteiger partial charge in [-0.2, -0.15) is 0 Å². The standard InChI is InChI=1S/C12H23N/c1-2-3-4-5-6-7-8-9-10-11-12-13/h4-13H2,1H3. The highest BCUT2D eigenvalue weighted by Crippen LogP contribution is 2.07. The number of hydrogen-bond donors (Lipinski definition) is 1. The van der Waals surface area contributed by atoms with E-state index in [1.807, 2.05) is 6.92 Å². The van der Waals surface area contributed by atoms with E-state index >= 15 is 0 Å². The minimum absolute atomic E-state index is 0.853. The quantitative estimate of drug-likeness (QED) is 0.452. The van der Waals surface area contributed by atoms with Crippen LogP contribution in [0.5, 0.6) is 0 Å². The first kappa shape index (κ1) is 12.5. The van der Waals surface area contributed by atoms with Crippen molar-refractivity contribution in [1.82, 2.24) is 0 Å². The minimum atomic E-state index is 0.853. The summed E-state index contributed by atoms with van der Waals surface area (Å²) in [6.07, 6.45) is 10.3. The predicted molar refractivity (Wildman–Crippen MR) is 59.4 cm³/mol. The van der Waals surface area contributed by atoms with Crippen molar-refractivity contribution in [2.75, 3.05) is 6.54 Å². The second kappa shape index (κ2) is 11.5. The summed E-state index contributed by atoms with van der Waals surface area (Å²) < 4.78 is 0. The Morgan fingerprint density at radius 2 is 1.38 bits per heavy atom. The zero-order valence-electron chi connectivity index (χ0n) is 8.94. The Bertz CT molecular complexity index is 141. The Morgan fingerprint density at radius 3 is 1.92 bits per heavy atom. The first-order valence-electron chi connectivity index (χ1n) is 5.51. The molecular weight excluding hydrogens is 158 g/mol. The highest BCUT2D eigenvalue weighted by atomic mass is 14.5. The maximum atomic E-state index is 5.41. The smallest absolute Gasteiger partial charge is 0.00885 e. The van der Waals surface area contributed by atoms with Crippen LogP contribution in [-0.4, -0.2) is 6.54 Å². The third-order valence-corrected chi connectivity index (χ3v) is 2.18. The van der Waals surface area contributed by atoms with Gasteiger partial charge >= 0.3 is 0 Å². The van der Waals surface area contributed by atoms with Crippen LogP contribution in [0.4, 0.5) is 0 Å². The maximum absolute atomic E-state index is 5.41. The van der Waals surface area contributed by atoms with Gasteiger partial charge in [-0.05, 0) is 26.3 Å². The Kier molecular flexibility index (Phi) is 11.1. The molecule has 0 aromatic heterocycles. The van der Waals surface area contributed by atoms with E-state index in [0.29, 0.717) is 0 Å². The first-order valence-corrected chi connectivity index (χ1v) is 5.51. The minimum Gasteiger partial charge on any atom is -0.330 e. The normalized spacial score (nSPS) is 9.38. The van der Waals surface area contributed by atoms with Gasteiger partial charge in [0.2, 0.25) is 0 Å². The molecule has 0 amide bonds. The van der Waals surface area contributed by atoms with Crippen molar-refractivity contribution in [1.29, 1.82) is 0 Å². The molecule has 13 heavy (non-hydrogen) atoms. The molecule has 0 aliphatic heterocycles. The summed E-state index contributed by atoms with van der Waals surface area (Å²) in [5.74, 6) is 6.02. The summed E-state index contributed by atoms with van der Waals surface area (Å²) in [7, 11) is 0. The van der Waals surface area contributed by atoms with E-state index in [1.54, 1.807) is 0 Å². The Hall–Kier alpha value is -0.480. The van der Waals surface area contributed by atoms with Gasteiger partial charge in [0.15, 0.2) is 0 Å². The van der Waals surface area contributed by atoms with E-state index in [1.165, 1.54) is 44.9 Å². The topological polar surface area (TPSA) is 26.0 Å². The summed E-state index contributed by atoms with van der Waals surface area (Å²) in [6.45, 7) is 2.76.